The van der Waals surface area contributed by atoms with Crippen molar-refractivity contribution in [2.45, 2.75) is 63.7 Å². The Labute approximate surface area is 336 Å². The Hall–Kier alpha value is -6.71. The largest absolute Gasteiger partial charge is 0.453 e. The Morgan fingerprint density at radius 3 is 2.00 bits per heavy atom. The van der Waals surface area contributed by atoms with E-state index in [-0.39, 0.29) is 24.4 Å². The van der Waals surface area contributed by atoms with Crippen molar-refractivity contribution in [2.24, 2.45) is 5.92 Å². The van der Waals surface area contributed by atoms with Gasteiger partial charge in [0, 0.05) is 18.8 Å². The van der Waals surface area contributed by atoms with Crippen LogP contribution >= 0.6 is 0 Å². The molecule has 7 amide bonds. The highest BCUT2D eigenvalue weighted by atomic mass is 16.5. The third kappa shape index (κ3) is 9.45. The van der Waals surface area contributed by atoms with Gasteiger partial charge in [0.2, 0.25) is 5.91 Å². The van der Waals surface area contributed by atoms with Gasteiger partial charge in [-0.15, -0.1) is 0 Å². The first-order chi connectivity index (χ1) is 28.0. The first-order valence-electron chi connectivity index (χ1n) is 19.2. The first kappa shape index (κ1) is 40.9. The van der Waals surface area contributed by atoms with Crippen molar-refractivity contribution in [3.05, 3.63) is 96.4 Å². The van der Waals surface area contributed by atoms with Gasteiger partial charge < -0.3 is 40.2 Å². The third-order valence-electron chi connectivity index (χ3n) is 10.4. The zero-order valence-corrected chi connectivity index (χ0v) is 32.8. The summed E-state index contributed by atoms with van der Waals surface area (Å²) in [6, 6.07) is 20.0. The van der Waals surface area contributed by atoms with Crippen molar-refractivity contribution in [1.29, 1.82) is 0 Å². The van der Waals surface area contributed by atoms with E-state index in [1.807, 2.05) is 50.2 Å². The fraction of sp³-hybridized carbons (Fsp3) is 0.357. The number of imide groups is 1. The highest BCUT2D eigenvalue weighted by Crippen LogP contribution is 2.33. The molecule has 16 nitrogen and oxygen atoms in total. The second-order valence-electron chi connectivity index (χ2n) is 14.5. The zero-order valence-electron chi connectivity index (χ0n) is 32.8. The normalized spacial score (nSPS) is 17.3. The molecule has 3 aromatic carbocycles. The minimum absolute atomic E-state index is 0.130. The number of methoxy groups -OCH3 is 2. The number of aromatic amines is 1. The molecule has 3 unspecified atom stereocenters. The number of anilines is 1. The molecule has 0 aliphatic carbocycles. The van der Waals surface area contributed by atoms with Gasteiger partial charge >= 0.3 is 18.2 Å². The van der Waals surface area contributed by atoms with Crippen LogP contribution < -0.4 is 21.3 Å². The van der Waals surface area contributed by atoms with Crippen LogP contribution in [0.1, 0.15) is 63.0 Å². The minimum Gasteiger partial charge on any atom is -0.453 e. The monoisotopic (exact) mass is 792 g/mol. The Morgan fingerprint density at radius 2 is 1.34 bits per heavy atom. The van der Waals surface area contributed by atoms with E-state index in [9.17, 15) is 28.8 Å². The summed E-state index contributed by atoms with van der Waals surface area (Å²) >= 11 is 0. The van der Waals surface area contributed by atoms with E-state index < -0.39 is 48.2 Å². The van der Waals surface area contributed by atoms with Gasteiger partial charge in [0.05, 0.1) is 32.2 Å². The molecule has 58 heavy (non-hydrogen) atoms. The van der Waals surface area contributed by atoms with Gasteiger partial charge in [-0.1, -0.05) is 80.6 Å². The predicted octanol–water partition coefficient (Wildman–Crippen LogP) is 5.52. The molecule has 304 valence electrons. The summed E-state index contributed by atoms with van der Waals surface area (Å²) in [6.45, 7) is 4.60. The number of aromatic nitrogens is 2. The van der Waals surface area contributed by atoms with E-state index in [4.69, 9.17) is 9.47 Å². The summed E-state index contributed by atoms with van der Waals surface area (Å²) in [5.41, 5.74) is 4.52. The second-order valence-corrected chi connectivity index (χ2v) is 14.5. The van der Waals surface area contributed by atoms with Gasteiger partial charge in [-0.05, 0) is 66.0 Å². The Bertz CT molecular complexity index is 2110. The number of ether oxygens (including phenoxy) is 2. The lowest BCUT2D eigenvalue weighted by atomic mass is 10.0. The molecule has 0 spiro atoms. The number of hydrogen-bond donors (Lipinski definition) is 5. The van der Waals surface area contributed by atoms with Crippen molar-refractivity contribution >= 4 is 41.6 Å². The number of H-pyrrole nitrogens is 1. The number of carbonyl (C=O) groups is 6. The maximum absolute atomic E-state index is 13.6. The topological polar surface area (TPSA) is 204 Å². The molecule has 2 fully saturated rings. The first-order valence-corrected chi connectivity index (χ1v) is 19.2. The van der Waals surface area contributed by atoms with Crippen LogP contribution in [-0.4, -0.2) is 95.1 Å². The Kier molecular flexibility index (Phi) is 13.1. The number of urea groups is 1. The molecule has 16 heteroatoms. The highest BCUT2D eigenvalue weighted by molar-refractivity contribution is 6.04. The van der Waals surface area contributed by atoms with E-state index in [1.165, 1.54) is 19.1 Å². The molecule has 4 aromatic rings. The van der Waals surface area contributed by atoms with E-state index in [2.05, 4.69) is 31.2 Å². The second kappa shape index (κ2) is 18.5. The average molecular weight is 793 g/mol. The summed E-state index contributed by atoms with van der Waals surface area (Å²) in [4.78, 5) is 88.5. The molecule has 0 bridgehead atoms. The number of hydrogen-bond acceptors (Lipinski definition) is 9. The van der Waals surface area contributed by atoms with Gasteiger partial charge in [-0.2, -0.15) is 0 Å². The lowest BCUT2D eigenvalue weighted by Gasteiger charge is -2.30. The molecule has 1 aromatic heterocycles. The number of likely N-dealkylation sites (tertiary alicyclic amines) is 2. The Morgan fingerprint density at radius 1 is 0.741 bits per heavy atom. The van der Waals surface area contributed by atoms with Crippen LogP contribution in [0.5, 0.6) is 0 Å². The van der Waals surface area contributed by atoms with Crippen molar-refractivity contribution in [1.82, 2.24) is 35.7 Å². The Balaban J connectivity index is 1.04. The van der Waals surface area contributed by atoms with Gasteiger partial charge in [0.15, 0.2) is 0 Å². The number of nitrogens with zero attached hydrogens (tertiary/aromatic N) is 3. The van der Waals surface area contributed by atoms with E-state index >= 15 is 0 Å². The minimum atomic E-state index is -1.07. The van der Waals surface area contributed by atoms with E-state index in [0.717, 1.165) is 35.2 Å². The molecule has 2 aliphatic rings. The summed E-state index contributed by atoms with van der Waals surface area (Å²) in [5, 5.41) is 10.3. The maximum atomic E-state index is 13.6. The fourth-order valence-electron chi connectivity index (χ4n) is 7.37. The third-order valence-corrected chi connectivity index (χ3v) is 10.4. The molecule has 0 radical (unpaired) electrons. The number of benzene rings is 3. The van der Waals surface area contributed by atoms with Crippen LogP contribution in [0.25, 0.3) is 22.4 Å². The molecule has 2 saturated heterocycles. The van der Waals surface area contributed by atoms with E-state index in [0.29, 0.717) is 36.5 Å². The zero-order chi connectivity index (χ0) is 41.3. The molecular formula is C42H48N8O8. The average Bonchev–Trinajstić information content (AvgIpc) is 4.04. The molecule has 5 N–H and O–H groups in total. The smallest absolute Gasteiger partial charge is 0.407 e. The van der Waals surface area contributed by atoms with Crippen LogP contribution in [0.3, 0.4) is 0 Å². The lowest BCUT2D eigenvalue weighted by molar-refractivity contribution is -0.139. The quantitative estimate of drug-likeness (QED) is 0.130. The number of nitrogens with one attached hydrogen (secondary N) is 5. The van der Waals surface area contributed by atoms with Gasteiger partial charge in [-0.25, -0.2) is 19.4 Å². The molecule has 6 rings (SSSR count). The summed E-state index contributed by atoms with van der Waals surface area (Å²) < 4.78 is 9.45. The number of imidazole rings is 1. The summed E-state index contributed by atoms with van der Waals surface area (Å²) in [6.07, 6.45) is 2.79. The van der Waals surface area contributed by atoms with E-state index in [1.54, 1.807) is 53.6 Å². The van der Waals surface area contributed by atoms with Crippen LogP contribution in [-0.2, 0) is 23.9 Å². The van der Waals surface area contributed by atoms with Gasteiger partial charge in [-0.3, -0.25) is 19.7 Å². The van der Waals surface area contributed by atoms with Gasteiger partial charge in [0.25, 0.3) is 11.8 Å². The van der Waals surface area contributed by atoms with Crippen LogP contribution in [0.15, 0.2) is 85.1 Å². The standard InChI is InChI=1S/C42H48N8O8/c1-25(2)34(46-41(55)57-3)38(52)49-22-8-12-32(49)36-43-24-31(45-36)28-16-14-26(15-17-28)27-18-20-30(21-19-27)44-40(54)48-37(51)33-13-9-23-50(33)39(53)35(47-42(56)58-4)29-10-6-5-7-11-29/h5-7,10-11,14-21,24-25,32-35H,8-9,12-13,22-23H2,1-4H3,(H,43,45)(H,46,55)(H,47,56)(H2,44,48,51,54)/t32?,33?,34-,35?/m0/s1. The molecular weight excluding hydrogens is 745 g/mol. The number of alkyl carbamates (subject to hydrolysis) is 2. The molecule has 0 saturated carbocycles. The number of rotatable bonds is 11. The summed E-state index contributed by atoms with van der Waals surface area (Å²) in [5.74, 6) is -0.734. The number of amides is 7. The summed E-state index contributed by atoms with van der Waals surface area (Å²) in [7, 11) is 2.47. The van der Waals surface area contributed by atoms with Crippen LogP contribution in [0, 0.1) is 5.92 Å². The molecule has 2 aliphatic heterocycles. The SMILES string of the molecule is COC(=O)NC(C(=O)N1CCCC1C(=O)NC(=O)Nc1ccc(-c2ccc(-c3cnc(C4CCCN4C(=O)[C@@H](NC(=O)OC)C(C)C)[nH]3)cc2)cc1)c1ccccc1. The fourth-order valence-corrected chi connectivity index (χ4v) is 7.37. The van der Waals surface area contributed by atoms with Crippen LogP contribution in [0.4, 0.5) is 20.1 Å². The maximum Gasteiger partial charge on any atom is 0.407 e. The number of carbonyl (C=O) groups excluding carboxylic acids is 6. The van der Waals surface area contributed by atoms with Crippen molar-refractivity contribution in [3.63, 3.8) is 0 Å². The lowest BCUT2D eigenvalue weighted by Crippen LogP contribution is -2.51. The highest BCUT2D eigenvalue weighted by Gasteiger charge is 2.40. The van der Waals surface area contributed by atoms with Gasteiger partial charge in [0.1, 0.15) is 23.9 Å². The van der Waals surface area contributed by atoms with Crippen molar-refractivity contribution in [2.75, 3.05) is 32.6 Å². The van der Waals surface area contributed by atoms with Crippen molar-refractivity contribution in [3.8, 4) is 22.4 Å². The van der Waals surface area contributed by atoms with Crippen molar-refractivity contribution < 1.29 is 38.2 Å². The predicted molar refractivity (Wildman–Crippen MR) is 214 cm³/mol. The molecule has 3 heterocycles. The van der Waals surface area contributed by atoms with Crippen LogP contribution in [0.2, 0.25) is 0 Å². The molecule has 4 atom stereocenters.